The monoisotopic (exact) mass is 142 g/mol. The van der Waals surface area contributed by atoms with E-state index in [1.807, 2.05) is 6.92 Å². The zero-order valence-corrected chi connectivity index (χ0v) is 8.93. The average molecular weight is 142 g/mol. The van der Waals surface area contributed by atoms with Crippen molar-refractivity contribution < 1.29 is 61.2 Å². The Bertz CT molecular complexity index is 39.4. The number of ether oxygens (including phenoxy) is 1. The quantitative estimate of drug-likeness (QED) is 0.313. The number of hydrogen-bond acceptors (Lipinski definition) is 2. The van der Waals surface area contributed by atoms with Gasteiger partial charge in [0.25, 0.3) is 0 Å². The van der Waals surface area contributed by atoms with Crippen LogP contribution in [0.2, 0.25) is 0 Å². The van der Waals surface area contributed by atoms with Crippen LogP contribution >= 0.6 is 0 Å². The summed E-state index contributed by atoms with van der Waals surface area (Å²) in [4.78, 5) is 0. The number of hydrogen-bond donors (Lipinski definition) is 0. The van der Waals surface area contributed by atoms with Crippen molar-refractivity contribution in [3.05, 3.63) is 0 Å². The molecule has 1 atom stereocenters. The zero-order chi connectivity index (χ0) is 5.70. The van der Waals surface area contributed by atoms with Gasteiger partial charge in [-0.15, -0.1) is 0 Å². The fraction of sp³-hybridized carbons (Fsp3) is 1.00. The summed E-state index contributed by atoms with van der Waals surface area (Å²) in [5, 5.41) is 10.1. The summed E-state index contributed by atoms with van der Waals surface area (Å²) in [6, 6.07) is 0. The summed E-state index contributed by atoms with van der Waals surface area (Å²) < 4.78 is 4.64. The molecule has 0 aromatic carbocycles. The molecule has 1 unspecified atom stereocenters. The summed E-state index contributed by atoms with van der Waals surface area (Å²) in [7, 11) is 0. The van der Waals surface area contributed by atoms with Crippen molar-refractivity contribution in [2.45, 2.75) is 26.6 Å². The van der Waals surface area contributed by atoms with Crippen molar-refractivity contribution >= 4 is 0 Å². The van der Waals surface area contributed by atoms with Crippen molar-refractivity contribution in [3.63, 3.8) is 0 Å². The molecule has 0 heterocycles. The van der Waals surface area contributed by atoms with Gasteiger partial charge < -0.3 is 9.84 Å². The third-order valence-corrected chi connectivity index (χ3v) is 0.557. The molecule has 0 aliphatic heterocycles. The van der Waals surface area contributed by atoms with E-state index >= 15 is 0 Å². The van der Waals surface area contributed by atoms with E-state index in [1.165, 1.54) is 6.92 Å². The maximum absolute atomic E-state index is 10.1. The van der Waals surface area contributed by atoms with Crippen LogP contribution in [0.4, 0.5) is 0 Å². The van der Waals surface area contributed by atoms with E-state index in [9.17, 15) is 5.11 Å². The minimum absolute atomic E-state index is 0. The maximum Gasteiger partial charge on any atom is 1.00 e. The zero-order valence-electron chi connectivity index (χ0n) is 5.81. The van der Waals surface area contributed by atoms with Gasteiger partial charge in [0.15, 0.2) is 0 Å². The third kappa shape index (κ3) is 10.5. The van der Waals surface area contributed by atoms with Gasteiger partial charge in [0, 0.05) is 6.61 Å². The summed E-state index contributed by atoms with van der Waals surface area (Å²) in [5.74, 6) is 0. The van der Waals surface area contributed by atoms with Gasteiger partial charge in [-0.1, -0.05) is 13.8 Å². The minimum Gasteiger partial charge on any atom is -0.831 e. The second-order valence-corrected chi connectivity index (χ2v) is 1.44. The molecule has 0 aromatic heterocycles. The molecule has 0 aliphatic rings. The molecule has 0 amide bonds. The smallest absolute Gasteiger partial charge is 0.831 e. The van der Waals surface area contributed by atoms with Crippen LogP contribution in [0.15, 0.2) is 0 Å². The summed E-state index contributed by atoms with van der Waals surface area (Å²) in [5.41, 5.74) is 0. The van der Waals surface area contributed by atoms with Crippen LogP contribution in [0.25, 0.3) is 0 Å². The molecule has 2 nitrogen and oxygen atoms in total. The average Bonchev–Trinajstić information content (AvgIpc) is 1.61. The number of rotatable bonds is 3. The summed E-state index contributed by atoms with van der Waals surface area (Å²) in [6.07, 6.45) is 0.0759. The Morgan fingerprint density at radius 1 is 1.62 bits per heavy atom. The minimum atomic E-state index is -0.847. The van der Waals surface area contributed by atoms with Crippen LogP contribution in [0.1, 0.15) is 20.3 Å². The Balaban J connectivity index is 0. The molecular formula is C5H11KO2. The van der Waals surface area contributed by atoms with Gasteiger partial charge in [0.1, 0.15) is 0 Å². The standard InChI is InChI=1S/C5H11O2.K/c1-3-4-7-5(2)6;/h5H,3-4H2,1-2H3;/q-1;+1. The topological polar surface area (TPSA) is 32.3 Å². The molecule has 0 fully saturated rings. The van der Waals surface area contributed by atoms with E-state index in [0.717, 1.165) is 6.42 Å². The van der Waals surface area contributed by atoms with E-state index in [4.69, 9.17) is 0 Å². The van der Waals surface area contributed by atoms with E-state index in [-0.39, 0.29) is 51.4 Å². The largest absolute Gasteiger partial charge is 1.00 e. The van der Waals surface area contributed by atoms with Gasteiger partial charge in [-0.2, -0.15) is 0 Å². The maximum atomic E-state index is 10.1. The summed E-state index contributed by atoms with van der Waals surface area (Å²) >= 11 is 0. The van der Waals surface area contributed by atoms with Crippen LogP contribution in [0, 0.1) is 0 Å². The molecule has 44 valence electrons. The first-order valence-electron chi connectivity index (χ1n) is 2.54. The molecule has 0 radical (unpaired) electrons. The molecule has 0 saturated heterocycles. The SMILES string of the molecule is CCCOC(C)[O-].[K+]. The van der Waals surface area contributed by atoms with Crippen LogP contribution in [-0.4, -0.2) is 12.9 Å². The van der Waals surface area contributed by atoms with Gasteiger partial charge in [-0.05, 0) is 12.7 Å². The Kier molecular flexibility index (Phi) is 13.1. The van der Waals surface area contributed by atoms with Gasteiger partial charge >= 0.3 is 51.4 Å². The molecule has 0 saturated carbocycles. The van der Waals surface area contributed by atoms with Crippen molar-refractivity contribution in [2.24, 2.45) is 0 Å². The molecule has 3 heteroatoms. The van der Waals surface area contributed by atoms with E-state index < -0.39 is 6.29 Å². The second kappa shape index (κ2) is 8.56. The van der Waals surface area contributed by atoms with Crippen LogP contribution in [-0.2, 0) is 4.74 Å². The van der Waals surface area contributed by atoms with Gasteiger partial charge in [-0.25, -0.2) is 0 Å². The van der Waals surface area contributed by atoms with Gasteiger partial charge in [0.05, 0.1) is 0 Å². The molecule has 0 rings (SSSR count). The van der Waals surface area contributed by atoms with E-state index in [0.29, 0.717) is 6.61 Å². The van der Waals surface area contributed by atoms with E-state index in [1.54, 1.807) is 0 Å². The van der Waals surface area contributed by atoms with Crippen LogP contribution < -0.4 is 56.5 Å². The van der Waals surface area contributed by atoms with Crippen molar-refractivity contribution in [1.82, 2.24) is 0 Å². The molecule has 0 N–H and O–H groups in total. The Hall–Kier alpha value is 1.56. The normalized spacial score (nSPS) is 12.4. The molecule has 0 spiro atoms. The Morgan fingerprint density at radius 2 is 2.12 bits per heavy atom. The fourth-order valence-electron chi connectivity index (χ4n) is 0.284. The summed E-state index contributed by atoms with van der Waals surface area (Å²) in [6.45, 7) is 4.06. The molecule has 8 heavy (non-hydrogen) atoms. The van der Waals surface area contributed by atoms with Crippen LogP contribution in [0.3, 0.4) is 0 Å². The first kappa shape index (κ1) is 12.3. The first-order chi connectivity index (χ1) is 3.27. The van der Waals surface area contributed by atoms with Crippen LogP contribution in [0.5, 0.6) is 0 Å². The third-order valence-electron chi connectivity index (χ3n) is 0.557. The Labute approximate surface area is 93.0 Å². The molecule has 0 aromatic rings. The molecule has 0 bridgehead atoms. The first-order valence-corrected chi connectivity index (χ1v) is 2.54. The van der Waals surface area contributed by atoms with Crippen molar-refractivity contribution in [1.29, 1.82) is 0 Å². The second-order valence-electron chi connectivity index (χ2n) is 1.44. The molecule has 0 aliphatic carbocycles. The predicted octanol–water partition coefficient (Wildman–Crippen LogP) is -2.88. The van der Waals surface area contributed by atoms with Crippen molar-refractivity contribution in [2.75, 3.05) is 6.61 Å². The van der Waals surface area contributed by atoms with Gasteiger partial charge in [-0.3, -0.25) is 0 Å². The Morgan fingerprint density at radius 3 is 2.25 bits per heavy atom. The fourth-order valence-corrected chi connectivity index (χ4v) is 0.284. The van der Waals surface area contributed by atoms with Crippen molar-refractivity contribution in [3.8, 4) is 0 Å². The van der Waals surface area contributed by atoms with E-state index in [2.05, 4.69) is 4.74 Å². The predicted molar refractivity (Wildman–Crippen MR) is 25.7 cm³/mol. The molecular weight excluding hydrogens is 131 g/mol. The van der Waals surface area contributed by atoms with Gasteiger partial charge in [0.2, 0.25) is 0 Å².